The molecule has 4 heteroatoms. The largest absolute Gasteiger partial charge is 0.378 e. The standard InChI is InChI=1S/C4H4O4/c1-2-4(6)8-7-3-5/h2-3H,1H2. The first-order chi connectivity index (χ1) is 3.81. The molecule has 0 heterocycles. The smallest absolute Gasteiger partial charge is 0.251 e. The van der Waals surface area contributed by atoms with E-state index in [-0.39, 0.29) is 6.47 Å². The Bertz CT molecular complexity index is 107. The van der Waals surface area contributed by atoms with Crippen molar-refractivity contribution in [1.82, 2.24) is 0 Å². The summed E-state index contributed by atoms with van der Waals surface area (Å²) >= 11 is 0. The SMILES string of the molecule is C=CC(=O)OOC=O. The summed E-state index contributed by atoms with van der Waals surface area (Å²) in [5.41, 5.74) is 0. The first kappa shape index (κ1) is 6.68. The molecule has 0 fully saturated rings. The Kier molecular flexibility index (Phi) is 3.22. The molecule has 0 rings (SSSR count). The molecule has 0 radical (unpaired) electrons. The minimum absolute atomic E-state index is 0.00139. The van der Waals surface area contributed by atoms with Gasteiger partial charge in [0.2, 0.25) is 0 Å². The molecule has 44 valence electrons. The van der Waals surface area contributed by atoms with Crippen LogP contribution in [-0.2, 0) is 19.4 Å². The zero-order valence-electron chi connectivity index (χ0n) is 3.99. The predicted molar refractivity (Wildman–Crippen MR) is 23.4 cm³/mol. The van der Waals surface area contributed by atoms with E-state index in [0.29, 0.717) is 0 Å². The fourth-order valence-electron chi connectivity index (χ4n) is 0.101. The molecule has 4 nitrogen and oxygen atoms in total. The summed E-state index contributed by atoms with van der Waals surface area (Å²) in [5.74, 6) is -0.794. The van der Waals surface area contributed by atoms with Gasteiger partial charge in [-0.2, -0.15) is 0 Å². The van der Waals surface area contributed by atoms with Gasteiger partial charge in [-0.3, -0.25) is 9.68 Å². The van der Waals surface area contributed by atoms with Gasteiger partial charge in [-0.15, -0.1) is 0 Å². The normalized spacial score (nSPS) is 7.00. The molecule has 0 saturated carbocycles. The van der Waals surface area contributed by atoms with Crippen LogP contribution in [0.2, 0.25) is 0 Å². The van der Waals surface area contributed by atoms with Gasteiger partial charge in [-0.05, 0) is 0 Å². The molecule has 0 atom stereocenters. The van der Waals surface area contributed by atoms with Crippen molar-refractivity contribution in [3.63, 3.8) is 0 Å². The fraction of sp³-hybridized carbons (Fsp3) is 0. The third kappa shape index (κ3) is 2.89. The maximum Gasteiger partial charge on any atom is 0.378 e. The van der Waals surface area contributed by atoms with Crippen LogP contribution in [0.15, 0.2) is 12.7 Å². The Hall–Kier alpha value is -1.32. The minimum atomic E-state index is -0.794. The van der Waals surface area contributed by atoms with Crippen molar-refractivity contribution in [2.75, 3.05) is 0 Å². The van der Waals surface area contributed by atoms with E-state index in [4.69, 9.17) is 0 Å². The van der Waals surface area contributed by atoms with Crippen LogP contribution in [0.3, 0.4) is 0 Å². The van der Waals surface area contributed by atoms with E-state index >= 15 is 0 Å². The zero-order valence-corrected chi connectivity index (χ0v) is 3.99. The van der Waals surface area contributed by atoms with Crippen molar-refractivity contribution in [2.45, 2.75) is 0 Å². The molecule has 0 unspecified atom stereocenters. The number of hydrogen-bond donors (Lipinski definition) is 0. The number of carbonyl (C=O) groups excluding carboxylic acids is 2. The van der Waals surface area contributed by atoms with Gasteiger partial charge in [0.15, 0.2) is 0 Å². The lowest BCUT2D eigenvalue weighted by atomic mass is 10.7. The summed E-state index contributed by atoms with van der Waals surface area (Å²) in [4.78, 5) is 26.5. The molecular formula is C4H4O4. The van der Waals surface area contributed by atoms with Crippen LogP contribution in [-0.4, -0.2) is 12.4 Å². The fourth-order valence-corrected chi connectivity index (χ4v) is 0.101. The maximum absolute atomic E-state index is 9.95. The Morgan fingerprint density at radius 2 is 2.25 bits per heavy atom. The highest BCUT2D eigenvalue weighted by Crippen LogP contribution is 1.75. The lowest BCUT2D eigenvalue weighted by Crippen LogP contribution is -1.98. The molecule has 8 heavy (non-hydrogen) atoms. The Morgan fingerprint density at radius 1 is 1.62 bits per heavy atom. The molecule has 0 aliphatic heterocycles. The van der Waals surface area contributed by atoms with Gasteiger partial charge in [-0.1, -0.05) is 6.58 Å². The van der Waals surface area contributed by atoms with E-state index in [1.54, 1.807) is 0 Å². The van der Waals surface area contributed by atoms with Crippen molar-refractivity contribution >= 4 is 12.4 Å². The van der Waals surface area contributed by atoms with Crippen LogP contribution in [0, 0.1) is 0 Å². The van der Waals surface area contributed by atoms with E-state index in [2.05, 4.69) is 16.4 Å². The summed E-state index contributed by atoms with van der Waals surface area (Å²) in [6.45, 7) is 3.04. The predicted octanol–water partition coefficient (Wildman–Crippen LogP) is -0.196. The van der Waals surface area contributed by atoms with E-state index in [1.807, 2.05) is 0 Å². The van der Waals surface area contributed by atoms with Crippen LogP contribution in [0.1, 0.15) is 0 Å². The third-order valence-corrected chi connectivity index (χ3v) is 0.336. The molecule has 0 N–H and O–H groups in total. The monoisotopic (exact) mass is 116 g/mol. The van der Waals surface area contributed by atoms with Gasteiger partial charge >= 0.3 is 12.4 Å². The highest BCUT2D eigenvalue weighted by atomic mass is 17.2. The molecule has 0 aromatic rings. The van der Waals surface area contributed by atoms with Crippen molar-refractivity contribution in [1.29, 1.82) is 0 Å². The molecular weight excluding hydrogens is 112 g/mol. The van der Waals surface area contributed by atoms with Crippen LogP contribution >= 0.6 is 0 Å². The van der Waals surface area contributed by atoms with Crippen molar-refractivity contribution < 1.29 is 19.4 Å². The molecule has 0 bridgehead atoms. The van der Waals surface area contributed by atoms with Crippen molar-refractivity contribution in [3.05, 3.63) is 12.7 Å². The second kappa shape index (κ2) is 3.86. The van der Waals surface area contributed by atoms with E-state index in [9.17, 15) is 9.59 Å². The second-order valence-electron chi connectivity index (χ2n) is 0.799. The van der Waals surface area contributed by atoms with Gasteiger partial charge < -0.3 is 0 Å². The van der Waals surface area contributed by atoms with Gasteiger partial charge in [0.25, 0.3) is 0 Å². The zero-order chi connectivity index (χ0) is 6.41. The molecule has 0 aliphatic carbocycles. The molecule has 0 saturated heterocycles. The summed E-state index contributed by atoms with van der Waals surface area (Å²) in [6, 6.07) is 0. The highest BCUT2D eigenvalue weighted by Gasteiger charge is 1.91. The van der Waals surface area contributed by atoms with Crippen molar-refractivity contribution in [2.24, 2.45) is 0 Å². The molecule has 0 aromatic heterocycles. The Morgan fingerprint density at radius 3 is 2.62 bits per heavy atom. The summed E-state index contributed by atoms with van der Waals surface area (Å²) in [7, 11) is 0. The van der Waals surface area contributed by atoms with Gasteiger partial charge in [0, 0.05) is 6.08 Å². The quantitative estimate of drug-likeness (QED) is 0.222. The first-order valence-corrected chi connectivity index (χ1v) is 1.74. The molecule has 0 spiro atoms. The van der Waals surface area contributed by atoms with Crippen LogP contribution < -0.4 is 0 Å². The van der Waals surface area contributed by atoms with Gasteiger partial charge in [0.05, 0.1) is 0 Å². The average molecular weight is 116 g/mol. The van der Waals surface area contributed by atoms with E-state index in [1.165, 1.54) is 0 Å². The van der Waals surface area contributed by atoms with Gasteiger partial charge in [-0.25, -0.2) is 9.68 Å². The summed E-state index contributed by atoms with van der Waals surface area (Å²) in [6.07, 6.45) is 0.878. The Balaban J connectivity index is 3.24. The summed E-state index contributed by atoms with van der Waals surface area (Å²) in [5, 5.41) is 0. The third-order valence-electron chi connectivity index (χ3n) is 0.336. The van der Waals surface area contributed by atoms with Crippen LogP contribution in [0.4, 0.5) is 0 Å². The first-order valence-electron chi connectivity index (χ1n) is 1.74. The number of carbonyl (C=O) groups is 2. The topological polar surface area (TPSA) is 52.6 Å². The average Bonchev–Trinajstić information content (AvgIpc) is 1.83. The number of rotatable bonds is 3. The lowest BCUT2D eigenvalue weighted by Gasteiger charge is -1.88. The minimum Gasteiger partial charge on any atom is -0.251 e. The van der Waals surface area contributed by atoms with E-state index < -0.39 is 5.97 Å². The van der Waals surface area contributed by atoms with E-state index in [0.717, 1.165) is 6.08 Å². The highest BCUT2D eigenvalue weighted by molar-refractivity contribution is 5.80. The van der Waals surface area contributed by atoms with Crippen LogP contribution in [0.5, 0.6) is 0 Å². The molecule has 0 aliphatic rings. The Labute approximate surface area is 45.6 Å². The summed E-state index contributed by atoms with van der Waals surface area (Å²) < 4.78 is 0. The maximum atomic E-state index is 9.95. The lowest BCUT2D eigenvalue weighted by molar-refractivity contribution is -0.243. The van der Waals surface area contributed by atoms with Crippen LogP contribution in [0.25, 0.3) is 0 Å². The van der Waals surface area contributed by atoms with Gasteiger partial charge in [0.1, 0.15) is 0 Å². The second-order valence-corrected chi connectivity index (χ2v) is 0.799. The molecule has 0 aromatic carbocycles. The van der Waals surface area contributed by atoms with Crippen molar-refractivity contribution in [3.8, 4) is 0 Å². The number of hydrogen-bond acceptors (Lipinski definition) is 4. The molecule has 0 amide bonds.